The van der Waals surface area contributed by atoms with Gasteiger partial charge in [0.2, 0.25) is 11.9 Å². The lowest BCUT2D eigenvalue weighted by Gasteiger charge is -2.32. The van der Waals surface area contributed by atoms with E-state index in [0.717, 1.165) is 73.7 Å². The first-order valence-electron chi connectivity index (χ1n) is 15.0. The quantitative estimate of drug-likeness (QED) is 0.390. The largest absolute Gasteiger partial charge is 0.488 e. The number of aromatic nitrogens is 3. The second kappa shape index (κ2) is 11.6. The third kappa shape index (κ3) is 5.73. The van der Waals surface area contributed by atoms with Gasteiger partial charge in [-0.25, -0.2) is 4.98 Å². The standard InChI is InChI=1S/C32H40N6O3/c1-4-29(39)37-17-6-5-8-25(21-37)38-30-27(34-32(38)35(3)31(40)23-13-16-33-22(2)20-23)9-7-10-28(30)41-26-14-18-36(19-15-26)24-11-12-24/h4,7,9-10,13,16,20,24-26H,1,5-6,8,11-12,14-15,17-19,21H2,2-3H3/t25-/m1/s1. The highest BCUT2D eigenvalue weighted by molar-refractivity contribution is 6.05. The second-order valence-corrected chi connectivity index (χ2v) is 11.7. The number of pyridine rings is 1. The van der Waals surface area contributed by atoms with Crippen molar-refractivity contribution in [2.75, 3.05) is 38.1 Å². The van der Waals surface area contributed by atoms with Crippen LogP contribution >= 0.6 is 0 Å². The van der Waals surface area contributed by atoms with Crippen LogP contribution in [0.5, 0.6) is 5.75 Å². The van der Waals surface area contributed by atoms with Gasteiger partial charge >= 0.3 is 0 Å². The molecule has 3 aliphatic rings. The maximum absolute atomic E-state index is 13.7. The van der Waals surface area contributed by atoms with Crippen molar-refractivity contribution in [3.05, 3.63) is 60.4 Å². The predicted octanol–water partition coefficient (Wildman–Crippen LogP) is 4.76. The molecule has 2 saturated heterocycles. The Morgan fingerprint density at radius 1 is 1.05 bits per heavy atom. The van der Waals surface area contributed by atoms with Crippen LogP contribution in [-0.2, 0) is 4.79 Å². The summed E-state index contributed by atoms with van der Waals surface area (Å²) in [5.74, 6) is 1.11. The van der Waals surface area contributed by atoms with Gasteiger partial charge in [-0.1, -0.05) is 12.6 Å². The molecule has 2 aliphatic heterocycles. The van der Waals surface area contributed by atoms with E-state index in [1.165, 1.54) is 18.9 Å². The zero-order valence-electron chi connectivity index (χ0n) is 24.2. The number of rotatable bonds is 7. The summed E-state index contributed by atoms with van der Waals surface area (Å²) in [6.07, 6.45) is 10.6. The maximum atomic E-state index is 13.7. The maximum Gasteiger partial charge on any atom is 0.260 e. The molecule has 0 bridgehead atoms. The van der Waals surface area contributed by atoms with Crippen LogP contribution in [-0.4, -0.2) is 81.5 Å². The van der Waals surface area contributed by atoms with Crippen molar-refractivity contribution >= 4 is 28.8 Å². The molecule has 0 radical (unpaired) electrons. The van der Waals surface area contributed by atoms with Crippen molar-refractivity contribution in [3.63, 3.8) is 0 Å². The molecule has 1 atom stereocenters. The number of amides is 2. The summed E-state index contributed by atoms with van der Waals surface area (Å²) < 4.78 is 8.89. The van der Waals surface area contributed by atoms with E-state index in [9.17, 15) is 9.59 Å². The molecule has 1 aromatic carbocycles. The van der Waals surface area contributed by atoms with E-state index in [4.69, 9.17) is 9.72 Å². The lowest BCUT2D eigenvalue weighted by Crippen LogP contribution is -2.39. The Bertz CT molecular complexity index is 1440. The first-order chi connectivity index (χ1) is 19.9. The summed E-state index contributed by atoms with van der Waals surface area (Å²) in [5.41, 5.74) is 3.00. The van der Waals surface area contributed by atoms with E-state index in [-0.39, 0.29) is 24.0 Å². The highest BCUT2D eigenvalue weighted by Crippen LogP contribution is 2.38. The van der Waals surface area contributed by atoms with Crippen molar-refractivity contribution in [1.82, 2.24) is 24.3 Å². The lowest BCUT2D eigenvalue weighted by atomic mass is 10.1. The Hall–Kier alpha value is -3.72. The average Bonchev–Trinajstić information content (AvgIpc) is 3.80. The van der Waals surface area contributed by atoms with Gasteiger partial charge in [-0.2, -0.15) is 0 Å². The third-order valence-corrected chi connectivity index (χ3v) is 8.73. The number of nitrogens with zero attached hydrogens (tertiary/aromatic N) is 6. The van der Waals surface area contributed by atoms with Crippen LogP contribution in [0.25, 0.3) is 11.0 Å². The average molecular weight is 557 g/mol. The fraction of sp³-hybridized carbons (Fsp3) is 0.500. The van der Waals surface area contributed by atoms with Gasteiger partial charge in [-0.05, 0) is 82.2 Å². The van der Waals surface area contributed by atoms with E-state index in [2.05, 4.69) is 21.0 Å². The summed E-state index contributed by atoms with van der Waals surface area (Å²) in [7, 11) is 1.77. The van der Waals surface area contributed by atoms with E-state index in [0.29, 0.717) is 24.6 Å². The van der Waals surface area contributed by atoms with Gasteiger partial charge in [0.05, 0.1) is 11.6 Å². The molecular weight excluding hydrogens is 516 g/mol. The number of para-hydroxylation sites is 1. The monoisotopic (exact) mass is 556 g/mol. The topological polar surface area (TPSA) is 83.8 Å². The first-order valence-corrected chi connectivity index (χ1v) is 15.0. The number of hydrogen-bond donors (Lipinski definition) is 0. The number of anilines is 1. The van der Waals surface area contributed by atoms with Gasteiger partial charge < -0.3 is 19.1 Å². The number of imidazole rings is 1. The number of benzene rings is 1. The number of piperidine rings is 1. The molecule has 0 unspecified atom stereocenters. The molecule has 6 rings (SSSR count). The van der Waals surface area contributed by atoms with E-state index >= 15 is 0 Å². The zero-order chi connectivity index (χ0) is 28.5. The van der Waals surface area contributed by atoms with Crippen LogP contribution in [0.1, 0.15) is 67.0 Å². The van der Waals surface area contributed by atoms with Gasteiger partial charge in [0.15, 0.2) is 0 Å². The zero-order valence-corrected chi connectivity index (χ0v) is 24.2. The Morgan fingerprint density at radius 3 is 2.59 bits per heavy atom. The van der Waals surface area contributed by atoms with Crippen molar-refractivity contribution in [1.29, 1.82) is 0 Å². The molecule has 1 aliphatic carbocycles. The Kier molecular flexibility index (Phi) is 7.79. The number of hydrogen-bond acceptors (Lipinski definition) is 6. The van der Waals surface area contributed by atoms with Gasteiger partial charge in [0.1, 0.15) is 17.4 Å². The molecule has 41 heavy (non-hydrogen) atoms. The molecule has 1 saturated carbocycles. The summed E-state index contributed by atoms with van der Waals surface area (Å²) in [6.45, 7) is 8.95. The number of carbonyl (C=O) groups is 2. The summed E-state index contributed by atoms with van der Waals surface area (Å²) >= 11 is 0. The van der Waals surface area contributed by atoms with Gasteiger partial charge in [-0.15, -0.1) is 0 Å². The number of aryl methyl sites for hydroxylation is 1. The van der Waals surface area contributed by atoms with E-state index in [1.54, 1.807) is 30.3 Å². The summed E-state index contributed by atoms with van der Waals surface area (Å²) in [6, 6.07) is 10.2. The molecule has 4 heterocycles. The fourth-order valence-electron chi connectivity index (χ4n) is 6.38. The molecular formula is C32H40N6O3. The Balaban J connectivity index is 1.39. The number of ether oxygens (including phenoxy) is 1. The van der Waals surface area contributed by atoms with Gasteiger partial charge in [0.25, 0.3) is 5.91 Å². The minimum absolute atomic E-state index is 0.0709. The molecule has 0 N–H and O–H groups in total. The molecule has 3 fully saturated rings. The molecule has 216 valence electrons. The lowest BCUT2D eigenvalue weighted by molar-refractivity contribution is -0.126. The van der Waals surface area contributed by atoms with Crippen LogP contribution in [0.3, 0.4) is 0 Å². The van der Waals surface area contributed by atoms with Crippen LogP contribution in [0.15, 0.2) is 49.2 Å². The van der Waals surface area contributed by atoms with Crippen LogP contribution in [0.4, 0.5) is 5.95 Å². The van der Waals surface area contributed by atoms with E-state index in [1.807, 2.05) is 30.0 Å². The van der Waals surface area contributed by atoms with Crippen LogP contribution in [0, 0.1) is 6.92 Å². The first kappa shape index (κ1) is 27.4. The van der Waals surface area contributed by atoms with Crippen LogP contribution < -0.4 is 9.64 Å². The highest BCUT2D eigenvalue weighted by Gasteiger charge is 2.34. The number of likely N-dealkylation sites (tertiary alicyclic amines) is 2. The van der Waals surface area contributed by atoms with Crippen LogP contribution in [0.2, 0.25) is 0 Å². The molecule has 2 amide bonds. The molecule has 0 spiro atoms. The summed E-state index contributed by atoms with van der Waals surface area (Å²) in [5, 5.41) is 0. The van der Waals surface area contributed by atoms with Crippen molar-refractivity contribution in [2.45, 2.75) is 70.1 Å². The SMILES string of the molecule is C=CC(=O)N1CCCC[C@@H](n2c(N(C)C(=O)c3ccnc(C)c3)nc3cccc(OC4CCN(C5CC5)CC4)c32)C1. The Morgan fingerprint density at radius 2 is 1.85 bits per heavy atom. The van der Waals surface area contributed by atoms with Gasteiger partial charge in [0, 0.05) is 56.7 Å². The van der Waals surface area contributed by atoms with E-state index < -0.39 is 0 Å². The smallest absolute Gasteiger partial charge is 0.260 e. The molecule has 9 heteroatoms. The summed E-state index contributed by atoms with van der Waals surface area (Å²) in [4.78, 5) is 41.8. The molecule has 9 nitrogen and oxygen atoms in total. The normalized spacial score (nSPS) is 20.5. The van der Waals surface area contributed by atoms with Crippen molar-refractivity contribution in [2.24, 2.45) is 0 Å². The third-order valence-electron chi connectivity index (χ3n) is 8.73. The van der Waals surface area contributed by atoms with Crippen molar-refractivity contribution < 1.29 is 14.3 Å². The minimum atomic E-state index is -0.158. The van der Waals surface area contributed by atoms with Gasteiger partial charge in [-0.3, -0.25) is 19.5 Å². The van der Waals surface area contributed by atoms with Crippen molar-refractivity contribution in [3.8, 4) is 5.75 Å². The molecule has 3 aromatic rings. The fourth-order valence-corrected chi connectivity index (χ4v) is 6.38. The number of carbonyl (C=O) groups excluding carboxylic acids is 2. The minimum Gasteiger partial charge on any atom is -0.488 e. The second-order valence-electron chi connectivity index (χ2n) is 11.7. The predicted molar refractivity (Wildman–Crippen MR) is 159 cm³/mol. The Labute approximate surface area is 241 Å². The number of fused-ring (bicyclic) bond motifs is 1. The highest BCUT2D eigenvalue weighted by atomic mass is 16.5. The molecule has 2 aromatic heterocycles.